The number of ether oxygens (including phenoxy) is 1. The van der Waals surface area contributed by atoms with Crippen LogP contribution < -0.4 is 14.4 Å². The molecule has 7 heteroatoms. The predicted octanol–water partition coefficient (Wildman–Crippen LogP) is 4.70. The molecule has 0 atom stereocenters. The largest absolute Gasteiger partial charge is 0.494 e. The molecule has 0 bridgehead atoms. The number of hydrogen-bond acceptors (Lipinski definition) is 5. The number of nitrogens with one attached hydrogen (secondary N) is 1. The van der Waals surface area contributed by atoms with Crippen LogP contribution in [0.5, 0.6) is 5.75 Å². The van der Waals surface area contributed by atoms with Gasteiger partial charge in [0.2, 0.25) is 0 Å². The first-order valence-corrected chi connectivity index (χ1v) is 11.0. The minimum absolute atomic E-state index is 0.172. The molecule has 0 saturated heterocycles. The Balaban J connectivity index is 1.67. The second kappa shape index (κ2) is 9.45. The van der Waals surface area contributed by atoms with Gasteiger partial charge in [0.15, 0.2) is 0 Å². The van der Waals surface area contributed by atoms with E-state index in [4.69, 9.17) is 4.74 Å². The van der Waals surface area contributed by atoms with Crippen molar-refractivity contribution >= 4 is 33.3 Å². The zero-order valence-electron chi connectivity index (χ0n) is 17.2. The van der Waals surface area contributed by atoms with Crippen molar-refractivity contribution in [1.82, 2.24) is 0 Å². The van der Waals surface area contributed by atoms with Crippen molar-refractivity contribution in [3.63, 3.8) is 0 Å². The summed E-state index contributed by atoms with van der Waals surface area (Å²) in [7, 11) is 0.296. The fraction of sp³-hybridized carbons (Fsp3) is 0.174. The van der Waals surface area contributed by atoms with Crippen LogP contribution in [0.2, 0.25) is 0 Å². The molecule has 156 valence electrons. The third kappa shape index (κ3) is 5.61. The highest BCUT2D eigenvalue weighted by Gasteiger charge is 2.14. The van der Waals surface area contributed by atoms with Gasteiger partial charge in [0, 0.05) is 31.7 Å². The number of aliphatic imine (C=N–C) groups is 1. The zero-order valence-corrected chi connectivity index (χ0v) is 18.1. The molecular weight excluding hydrogens is 398 g/mol. The molecule has 0 heterocycles. The Morgan fingerprint density at radius 2 is 1.57 bits per heavy atom. The maximum absolute atomic E-state index is 12.6. The van der Waals surface area contributed by atoms with E-state index in [0.717, 1.165) is 11.3 Å². The summed E-state index contributed by atoms with van der Waals surface area (Å²) < 4.78 is 33.1. The molecule has 0 aromatic heterocycles. The Labute approximate surface area is 177 Å². The molecule has 3 aromatic carbocycles. The number of anilines is 2. The van der Waals surface area contributed by atoms with E-state index in [-0.39, 0.29) is 4.90 Å². The molecule has 0 spiro atoms. The minimum Gasteiger partial charge on any atom is -0.494 e. The highest BCUT2D eigenvalue weighted by atomic mass is 32.2. The van der Waals surface area contributed by atoms with Crippen LogP contribution in [0.1, 0.15) is 12.5 Å². The zero-order chi connectivity index (χ0) is 21.6. The monoisotopic (exact) mass is 423 g/mol. The van der Waals surface area contributed by atoms with Gasteiger partial charge in [0.1, 0.15) is 5.75 Å². The SMILES string of the molecule is CCOc1ccc(NS(=O)(=O)c2ccc(N=Cc3ccc(N(C)C)cc3)cc2)cc1. The third-order valence-electron chi connectivity index (χ3n) is 4.34. The second-order valence-corrected chi connectivity index (χ2v) is 8.48. The number of hydrogen-bond donors (Lipinski definition) is 1. The molecule has 0 amide bonds. The van der Waals surface area contributed by atoms with E-state index in [1.807, 2.05) is 50.2 Å². The van der Waals surface area contributed by atoms with Gasteiger partial charge >= 0.3 is 0 Å². The Hall–Kier alpha value is -3.32. The Bertz CT molecular complexity index is 1090. The normalized spacial score (nSPS) is 11.4. The molecule has 6 nitrogen and oxygen atoms in total. The Morgan fingerprint density at radius 3 is 2.13 bits per heavy atom. The van der Waals surface area contributed by atoms with Gasteiger partial charge in [0.25, 0.3) is 10.0 Å². The van der Waals surface area contributed by atoms with Gasteiger partial charge < -0.3 is 9.64 Å². The first-order chi connectivity index (χ1) is 14.4. The van der Waals surface area contributed by atoms with Crippen LogP contribution in [0.15, 0.2) is 82.7 Å². The minimum atomic E-state index is -3.68. The van der Waals surface area contributed by atoms with Gasteiger partial charge in [-0.25, -0.2) is 8.42 Å². The quantitative estimate of drug-likeness (QED) is 0.533. The molecule has 0 aliphatic rings. The summed E-state index contributed by atoms with van der Waals surface area (Å²) >= 11 is 0. The summed E-state index contributed by atoms with van der Waals surface area (Å²) in [6.07, 6.45) is 1.75. The second-order valence-electron chi connectivity index (χ2n) is 6.80. The van der Waals surface area contributed by atoms with Crippen LogP contribution in [0.4, 0.5) is 17.1 Å². The van der Waals surface area contributed by atoms with Gasteiger partial charge in [-0.2, -0.15) is 0 Å². The molecule has 0 fully saturated rings. The van der Waals surface area contributed by atoms with Crippen molar-refractivity contribution < 1.29 is 13.2 Å². The van der Waals surface area contributed by atoms with Crippen LogP contribution in [-0.2, 0) is 10.0 Å². The van der Waals surface area contributed by atoms with Crippen molar-refractivity contribution in [3.8, 4) is 5.75 Å². The van der Waals surface area contributed by atoms with Crippen LogP contribution in [0.25, 0.3) is 0 Å². The van der Waals surface area contributed by atoms with Crippen LogP contribution in [-0.4, -0.2) is 35.3 Å². The van der Waals surface area contributed by atoms with E-state index in [0.29, 0.717) is 23.7 Å². The fourth-order valence-electron chi connectivity index (χ4n) is 2.72. The summed E-state index contributed by atoms with van der Waals surface area (Å²) in [6, 6.07) is 21.2. The summed E-state index contributed by atoms with van der Waals surface area (Å²) in [4.78, 5) is 6.62. The first-order valence-electron chi connectivity index (χ1n) is 9.54. The Morgan fingerprint density at radius 1 is 0.933 bits per heavy atom. The van der Waals surface area contributed by atoms with Crippen LogP contribution in [0, 0.1) is 0 Å². The van der Waals surface area contributed by atoms with E-state index in [9.17, 15) is 8.42 Å². The van der Waals surface area contributed by atoms with Crippen LogP contribution >= 0.6 is 0 Å². The molecule has 0 saturated carbocycles. The van der Waals surface area contributed by atoms with Gasteiger partial charge in [-0.15, -0.1) is 0 Å². The van der Waals surface area contributed by atoms with Gasteiger partial charge in [-0.3, -0.25) is 9.71 Å². The van der Waals surface area contributed by atoms with Crippen molar-refractivity contribution in [3.05, 3.63) is 78.4 Å². The molecule has 0 aliphatic heterocycles. The number of benzene rings is 3. The summed E-state index contributed by atoms with van der Waals surface area (Å²) in [5.41, 5.74) is 3.23. The topological polar surface area (TPSA) is 71.0 Å². The standard InChI is InChI=1S/C23H25N3O3S/c1-4-29-22-13-7-20(8-14-22)25-30(27,28)23-15-9-19(10-16-23)24-17-18-5-11-21(12-6-18)26(2)3/h5-17,25H,4H2,1-3H3. The lowest BCUT2D eigenvalue weighted by Gasteiger charge is -2.11. The van der Waals surface area contributed by atoms with E-state index in [2.05, 4.69) is 9.71 Å². The van der Waals surface area contributed by atoms with Gasteiger partial charge in [-0.05, 0) is 73.2 Å². The van der Waals surface area contributed by atoms with E-state index < -0.39 is 10.0 Å². The van der Waals surface area contributed by atoms with Crippen molar-refractivity contribution in [2.24, 2.45) is 4.99 Å². The number of rotatable bonds is 8. The first kappa shape index (κ1) is 21.4. The summed E-state index contributed by atoms with van der Waals surface area (Å²) in [5, 5.41) is 0. The highest BCUT2D eigenvalue weighted by molar-refractivity contribution is 7.92. The van der Waals surface area contributed by atoms with E-state index in [1.54, 1.807) is 54.7 Å². The maximum Gasteiger partial charge on any atom is 0.261 e. The van der Waals surface area contributed by atoms with Gasteiger partial charge in [0.05, 0.1) is 17.2 Å². The third-order valence-corrected chi connectivity index (χ3v) is 5.73. The fourth-order valence-corrected chi connectivity index (χ4v) is 3.78. The number of nitrogens with zero attached hydrogens (tertiary/aromatic N) is 2. The van der Waals surface area contributed by atoms with Crippen molar-refractivity contribution in [1.29, 1.82) is 0 Å². The van der Waals surface area contributed by atoms with Crippen LogP contribution in [0.3, 0.4) is 0 Å². The molecule has 0 aliphatic carbocycles. The lowest BCUT2D eigenvalue weighted by molar-refractivity contribution is 0.340. The molecule has 1 N–H and O–H groups in total. The van der Waals surface area contributed by atoms with E-state index >= 15 is 0 Å². The van der Waals surface area contributed by atoms with Crippen molar-refractivity contribution in [2.75, 3.05) is 30.3 Å². The molecule has 0 radical (unpaired) electrons. The average Bonchev–Trinajstić information content (AvgIpc) is 2.74. The maximum atomic E-state index is 12.6. The lowest BCUT2D eigenvalue weighted by Crippen LogP contribution is -2.12. The summed E-state index contributed by atoms with van der Waals surface area (Å²) in [5.74, 6) is 0.694. The van der Waals surface area contributed by atoms with Crippen molar-refractivity contribution in [2.45, 2.75) is 11.8 Å². The molecule has 0 unspecified atom stereocenters. The summed E-state index contributed by atoms with van der Waals surface area (Å²) in [6.45, 7) is 2.45. The average molecular weight is 424 g/mol. The smallest absolute Gasteiger partial charge is 0.261 e. The molecule has 3 aromatic rings. The Kier molecular flexibility index (Phi) is 6.74. The predicted molar refractivity (Wildman–Crippen MR) is 123 cm³/mol. The number of sulfonamides is 1. The molecular formula is C23H25N3O3S. The van der Waals surface area contributed by atoms with E-state index in [1.165, 1.54) is 0 Å². The lowest BCUT2D eigenvalue weighted by atomic mass is 10.2. The molecule has 3 rings (SSSR count). The van der Waals surface area contributed by atoms with Gasteiger partial charge in [-0.1, -0.05) is 12.1 Å². The highest BCUT2D eigenvalue weighted by Crippen LogP contribution is 2.22. The molecule has 30 heavy (non-hydrogen) atoms.